The topological polar surface area (TPSA) is 38.3 Å². The Kier molecular flexibility index (Phi) is 7.40. The van der Waals surface area contributed by atoms with Crippen LogP contribution < -0.4 is 10.1 Å². The fourth-order valence-corrected chi connectivity index (χ4v) is 3.13. The molecule has 1 N–H and O–H groups in total. The summed E-state index contributed by atoms with van der Waals surface area (Å²) in [6.07, 6.45) is 1.05. The Morgan fingerprint density at radius 2 is 1.90 bits per heavy atom. The lowest BCUT2D eigenvalue weighted by Crippen LogP contribution is -2.33. The second-order valence-corrected chi connectivity index (χ2v) is 8.35. The van der Waals surface area contributed by atoms with E-state index in [1.165, 1.54) is 0 Å². The molecule has 0 amide bonds. The van der Waals surface area contributed by atoms with Crippen molar-refractivity contribution in [3.63, 3.8) is 0 Å². The van der Waals surface area contributed by atoms with Crippen molar-refractivity contribution in [1.82, 2.24) is 5.32 Å². The number of hydrogen-bond donors (Lipinski definition) is 1. The van der Waals surface area contributed by atoms with Crippen LogP contribution in [-0.2, 0) is 10.8 Å². The molecule has 0 saturated carbocycles. The molecule has 0 aliphatic carbocycles. The molecule has 0 spiro atoms. The number of ether oxygens (including phenoxy) is 1. The lowest BCUT2D eigenvalue weighted by Gasteiger charge is -2.25. The number of benzene rings is 1. The van der Waals surface area contributed by atoms with Gasteiger partial charge in [-0.25, -0.2) is 0 Å². The third-order valence-corrected chi connectivity index (χ3v) is 5.24. The highest BCUT2D eigenvalue weighted by molar-refractivity contribution is 7.86. The summed E-state index contributed by atoms with van der Waals surface area (Å²) in [5.41, 5.74) is 1.10. The maximum Gasteiger partial charge on any atom is 0.124 e. The van der Waals surface area contributed by atoms with E-state index in [2.05, 4.69) is 18.3 Å². The second-order valence-electron chi connectivity index (χ2n) is 6.10. The largest absolute Gasteiger partial charge is 0.494 e. The van der Waals surface area contributed by atoms with E-state index in [0.717, 1.165) is 24.3 Å². The summed E-state index contributed by atoms with van der Waals surface area (Å²) in [5, 5.41) is 3.51. The van der Waals surface area contributed by atoms with Crippen LogP contribution in [0.15, 0.2) is 24.3 Å². The predicted octanol–water partition coefficient (Wildman–Crippen LogP) is 3.67. The zero-order valence-corrected chi connectivity index (χ0v) is 14.8. The van der Waals surface area contributed by atoms with E-state index in [1.54, 1.807) is 0 Å². The summed E-state index contributed by atoms with van der Waals surface area (Å²) in [6.45, 7) is 11.7. The molecule has 0 aliphatic heterocycles. The Bertz CT molecular complexity index is 454. The van der Waals surface area contributed by atoms with Gasteiger partial charge in [-0.1, -0.05) is 25.1 Å². The number of para-hydroxylation sites is 1. The van der Waals surface area contributed by atoms with Crippen LogP contribution in [0, 0.1) is 0 Å². The molecule has 1 rings (SSSR count). The average Bonchev–Trinajstić information content (AvgIpc) is 2.43. The zero-order chi connectivity index (χ0) is 15.9. The van der Waals surface area contributed by atoms with Gasteiger partial charge in [0.15, 0.2) is 0 Å². The first-order valence-corrected chi connectivity index (χ1v) is 9.05. The van der Waals surface area contributed by atoms with Gasteiger partial charge in [0.2, 0.25) is 0 Å². The van der Waals surface area contributed by atoms with Crippen LogP contribution in [0.4, 0.5) is 0 Å². The Balaban J connectivity index is 2.99. The fourth-order valence-electron chi connectivity index (χ4n) is 2.03. The van der Waals surface area contributed by atoms with Crippen molar-refractivity contribution in [2.75, 3.05) is 18.9 Å². The molecule has 0 fully saturated rings. The lowest BCUT2D eigenvalue weighted by molar-refractivity contribution is 0.332. The van der Waals surface area contributed by atoms with Crippen molar-refractivity contribution in [2.45, 2.75) is 51.8 Å². The van der Waals surface area contributed by atoms with E-state index in [-0.39, 0.29) is 10.8 Å². The Labute approximate surface area is 131 Å². The van der Waals surface area contributed by atoms with Crippen LogP contribution in [-0.4, -0.2) is 27.9 Å². The maximum absolute atomic E-state index is 12.5. The first-order chi connectivity index (χ1) is 9.90. The van der Waals surface area contributed by atoms with Gasteiger partial charge in [-0.2, -0.15) is 0 Å². The summed E-state index contributed by atoms with van der Waals surface area (Å²) in [4.78, 5) is 0. The summed E-state index contributed by atoms with van der Waals surface area (Å²) in [7, 11) is -0.902. The van der Waals surface area contributed by atoms with Crippen molar-refractivity contribution < 1.29 is 8.95 Å². The molecule has 4 heteroatoms. The van der Waals surface area contributed by atoms with Gasteiger partial charge in [-0.3, -0.25) is 4.21 Å². The molecule has 3 nitrogen and oxygen atoms in total. The summed E-state index contributed by atoms with van der Waals surface area (Å²) in [6, 6.07) is 8.11. The quantitative estimate of drug-likeness (QED) is 0.796. The molecule has 0 saturated heterocycles. The van der Waals surface area contributed by atoms with Gasteiger partial charge in [-0.05, 0) is 46.7 Å². The first-order valence-electron chi connectivity index (χ1n) is 7.73. The van der Waals surface area contributed by atoms with Crippen LogP contribution in [0.1, 0.15) is 52.6 Å². The first kappa shape index (κ1) is 18.2. The standard InChI is InChI=1S/C17H29NO2S/c1-6-12-18-15(13-21(19)17(3,4)5)14-10-8-9-11-16(14)20-7-2/h8-11,15,18H,6-7,12-13H2,1-5H3. The summed E-state index contributed by atoms with van der Waals surface area (Å²) in [5.74, 6) is 1.49. The molecule has 2 atom stereocenters. The van der Waals surface area contributed by atoms with Crippen LogP contribution >= 0.6 is 0 Å². The molecular weight excluding hydrogens is 282 g/mol. The van der Waals surface area contributed by atoms with Gasteiger partial charge < -0.3 is 10.1 Å². The van der Waals surface area contributed by atoms with Crippen molar-refractivity contribution >= 4 is 10.8 Å². The van der Waals surface area contributed by atoms with Crippen molar-refractivity contribution in [2.24, 2.45) is 0 Å². The fraction of sp³-hybridized carbons (Fsp3) is 0.647. The van der Waals surface area contributed by atoms with E-state index in [4.69, 9.17) is 4.74 Å². The van der Waals surface area contributed by atoms with Crippen LogP contribution in [0.5, 0.6) is 5.75 Å². The van der Waals surface area contributed by atoms with E-state index < -0.39 is 10.8 Å². The minimum Gasteiger partial charge on any atom is -0.494 e. The van der Waals surface area contributed by atoms with Gasteiger partial charge >= 0.3 is 0 Å². The molecule has 0 bridgehead atoms. The molecule has 21 heavy (non-hydrogen) atoms. The highest BCUT2D eigenvalue weighted by atomic mass is 32.2. The molecule has 120 valence electrons. The molecule has 0 radical (unpaired) electrons. The van der Waals surface area contributed by atoms with Gasteiger partial charge in [0.05, 0.1) is 6.61 Å². The van der Waals surface area contributed by atoms with Gasteiger partial charge in [0, 0.05) is 32.9 Å². The van der Waals surface area contributed by atoms with Crippen molar-refractivity contribution in [1.29, 1.82) is 0 Å². The van der Waals surface area contributed by atoms with E-state index >= 15 is 0 Å². The van der Waals surface area contributed by atoms with Crippen molar-refractivity contribution in [3.8, 4) is 5.75 Å². The molecule has 0 heterocycles. The van der Waals surface area contributed by atoms with Crippen LogP contribution in [0.25, 0.3) is 0 Å². The number of hydrogen-bond acceptors (Lipinski definition) is 3. The van der Waals surface area contributed by atoms with Gasteiger partial charge in [0.1, 0.15) is 5.75 Å². The maximum atomic E-state index is 12.5. The number of rotatable bonds is 8. The summed E-state index contributed by atoms with van der Waals surface area (Å²) < 4.78 is 18.0. The number of nitrogens with one attached hydrogen (secondary N) is 1. The minimum atomic E-state index is -0.902. The molecule has 1 aromatic carbocycles. The molecule has 2 unspecified atom stereocenters. The Hall–Kier alpha value is -0.870. The normalized spacial score (nSPS) is 14.7. The highest BCUT2D eigenvalue weighted by Gasteiger charge is 2.25. The van der Waals surface area contributed by atoms with Gasteiger partial charge in [0.25, 0.3) is 0 Å². The minimum absolute atomic E-state index is 0.0627. The van der Waals surface area contributed by atoms with Gasteiger partial charge in [-0.15, -0.1) is 0 Å². The molecule has 0 aliphatic rings. The van der Waals surface area contributed by atoms with Crippen molar-refractivity contribution in [3.05, 3.63) is 29.8 Å². The highest BCUT2D eigenvalue weighted by Crippen LogP contribution is 2.27. The SMILES string of the molecule is CCCNC(CS(=O)C(C)(C)C)c1ccccc1OCC. The average molecular weight is 311 g/mol. The third kappa shape index (κ3) is 5.79. The van der Waals surface area contributed by atoms with E-state index in [0.29, 0.717) is 12.4 Å². The monoisotopic (exact) mass is 311 g/mol. The predicted molar refractivity (Wildman–Crippen MR) is 91.4 cm³/mol. The van der Waals surface area contributed by atoms with E-state index in [9.17, 15) is 4.21 Å². The molecule has 1 aromatic rings. The second kappa shape index (κ2) is 8.54. The smallest absolute Gasteiger partial charge is 0.124 e. The lowest BCUT2D eigenvalue weighted by atomic mass is 10.1. The molecule has 0 aromatic heterocycles. The van der Waals surface area contributed by atoms with Crippen LogP contribution in [0.3, 0.4) is 0 Å². The van der Waals surface area contributed by atoms with Crippen LogP contribution in [0.2, 0.25) is 0 Å². The molecular formula is C17H29NO2S. The van der Waals surface area contributed by atoms with E-state index in [1.807, 2.05) is 45.9 Å². The Morgan fingerprint density at radius 3 is 2.48 bits per heavy atom. The zero-order valence-electron chi connectivity index (χ0n) is 13.9. The summed E-state index contributed by atoms with van der Waals surface area (Å²) >= 11 is 0. The third-order valence-electron chi connectivity index (χ3n) is 3.24. The Morgan fingerprint density at radius 1 is 1.24 bits per heavy atom.